The van der Waals surface area contributed by atoms with Crippen LogP contribution in [0.1, 0.15) is 24.8 Å². The SMILES string of the molecule is Nc1ncnc2c1ncn2CCCOC(=O)/C=C/c1csc(S(=O)(=O)N2CCCC2)c1. The third-order valence-corrected chi connectivity index (χ3v) is 8.22. The fourth-order valence-corrected chi connectivity index (χ4v) is 6.12. The van der Waals surface area contributed by atoms with Crippen LogP contribution in [0.4, 0.5) is 5.82 Å². The van der Waals surface area contributed by atoms with Gasteiger partial charge in [-0.1, -0.05) is 0 Å². The summed E-state index contributed by atoms with van der Waals surface area (Å²) >= 11 is 1.16. The Morgan fingerprint density at radius 2 is 2.06 bits per heavy atom. The minimum atomic E-state index is -3.44. The summed E-state index contributed by atoms with van der Waals surface area (Å²) in [5.41, 5.74) is 7.60. The molecule has 0 aliphatic carbocycles. The van der Waals surface area contributed by atoms with E-state index in [0.717, 1.165) is 24.2 Å². The number of aromatic nitrogens is 4. The van der Waals surface area contributed by atoms with E-state index in [1.165, 1.54) is 16.7 Å². The molecule has 0 radical (unpaired) electrons. The molecule has 2 N–H and O–H groups in total. The summed E-state index contributed by atoms with van der Waals surface area (Å²) < 4.78 is 33.9. The zero-order valence-corrected chi connectivity index (χ0v) is 18.3. The van der Waals surface area contributed by atoms with Crippen LogP contribution in [0.3, 0.4) is 0 Å². The summed E-state index contributed by atoms with van der Waals surface area (Å²) in [6.07, 6.45) is 8.23. The number of fused-ring (bicyclic) bond motifs is 1. The number of anilines is 1. The standard InChI is InChI=1S/C19H22N6O4S2/c20-18-17-19(22-12-21-18)24(13-23-17)6-3-9-29-15(26)5-4-14-10-16(30-11-14)31(27,28)25-7-1-2-8-25/h4-5,10-13H,1-3,6-9H2,(H2,20,21,22)/b5-4+. The first-order valence-corrected chi connectivity index (χ1v) is 12.1. The van der Waals surface area contributed by atoms with Gasteiger partial charge in [0.05, 0.1) is 12.9 Å². The van der Waals surface area contributed by atoms with Gasteiger partial charge in [0.1, 0.15) is 16.1 Å². The second kappa shape index (κ2) is 9.12. The summed E-state index contributed by atoms with van der Waals surface area (Å²) in [7, 11) is -3.44. The highest BCUT2D eigenvalue weighted by atomic mass is 32.2. The largest absolute Gasteiger partial charge is 0.462 e. The first kappa shape index (κ1) is 21.4. The number of carbonyl (C=O) groups excluding carboxylic acids is 1. The monoisotopic (exact) mass is 462 g/mol. The Labute approximate surface area is 183 Å². The van der Waals surface area contributed by atoms with Gasteiger partial charge in [0.2, 0.25) is 0 Å². The third kappa shape index (κ3) is 4.75. The Hall–Kier alpha value is -2.83. The second-order valence-electron chi connectivity index (χ2n) is 7.03. The number of nitrogen functional groups attached to an aromatic ring is 1. The molecule has 1 saturated heterocycles. The number of ether oxygens (including phenoxy) is 1. The molecule has 1 aliphatic rings. The maximum atomic E-state index is 12.6. The van der Waals surface area contributed by atoms with Gasteiger partial charge < -0.3 is 15.0 Å². The van der Waals surface area contributed by atoms with Gasteiger partial charge in [-0.3, -0.25) is 0 Å². The lowest BCUT2D eigenvalue weighted by Crippen LogP contribution is -2.27. The van der Waals surface area contributed by atoms with Crippen molar-refractivity contribution in [2.75, 3.05) is 25.4 Å². The molecule has 3 aromatic heterocycles. The van der Waals surface area contributed by atoms with Crippen LogP contribution in [0, 0.1) is 0 Å². The van der Waals surface area contributed by atoms with Crippen LogP contribution in [-0.4, -0.2) is 57.9 Å². The van der Waals surface area contributed by atoms with Crippen LogP contribution in [0.25, 0.3) is 17.2 Å². The van der Waals surface area contributed by atoms with Crippen molar-refractivity contribution >= 4 is 50.4 Å². The first-order valence-electron chi connectivity index (χ1n) is 9.80. The van der Waals surface area contributed by atoms with Crippen molar-refractivity contribution in [3.8, 4) is 0 Å². The average molecular weight is 463 g/mol. The number of nitrogens with two attached hydrogens (primary N) is 1. The topological polar surface area (TPSA) is 133 Å². The third-order valence-electron chi connectivity index (χ3n) is 4.88. The van der Waals surface area contributed by atoms with E-state index in [9.17, 15) is 13.2 Å². The predicted molar refractivity (Wildman–Crippen MR) is 117 cm³/mol. The van der Waals surface area contributed by atoms with Gasteiger partial charge in [0.15, 0.2) is 11.5 Å². The number of sulfonamides is 1. The number of hydrogen-bond acceptors (Lipinski definition) is 9. The van der Waals surface area contributed by atoms with Gasteiger partial charge in [-0.05, 0) is 42.3 Å². The summed E-state index contributed by atoms with van der Waals surface area (Å²) in [5.74, 6) is -0.164. The zero-order chi connectivity index (χ0) is 21.8. The molecular formula is C19H22N6O4S2. The number of hydrogen-bond donors (Lipinski definition) is 1. The first-order chi connectivity index (χ1) is 14.9. The molecule has 0 amide bonds. The number of nitrogens with zero attached hydrogens (tertiary/aromatic N) is 5. The van der Waals surface area contributed by atoms with E-state index in [1.54, 1.807) is 23.8 Å². The summed E-state index contributed by atoms with van der Waals surface area (Å²) in [6.45, 7) is 1.91. The van der Waals surface area contributed by atoms with Gasteiger partial charge in [0.25, 0.3) is 10.0 Å². The molecule has 12 heteroatoms. The number of imidazole rings is 1. The molecule has 0 bridgehead atoms. The molecule has 31 heavy (non-hydrogen) atoms. The Morgan fingerprint density at radius 3 is 2.87 bits per heavy atom. The van der Waals surface area contributed by atoms with E-state index in [0.29, 0.717) is 52.8 Å². The van der Waals surface area contributed by atoms with E-state index < -0.39 is 16.0 Å². The summed E-state index contributed by atoms with van der Waals surface area (Å²) in [5, 5.41) is 1.71. The lowest BCUT2D eigenvalue weighted by atomic mass is 10.3. The number of carbonyl (C=O) groups is 1. The van der Waals surface area contributed by atoms with Crippen LogP contribution in [0.2, 0.25) is 0 Å². The van der Waals surface area contributed by atoms with Crippen molar-refractivity contribution in [2.24, 2.45) is 0 Å². The number of esters is 1. The molecule has 0 spiro atoms. The Bertz CT molecular complexity index is 1210. The van der Waals surface area contributed by atoms with Gasteiger partial charge in [-0.2, -0.15) is 4.31 Å². The van der Waals surface area contributed by atoms with Crippen molar-refractivity contribution in [2.45, 2.75) is 30.0 Å². The number of aryl methyl sites for hydroxylation is 1. The van der Waals surface area contributed by atoms with Crippen molar-refractivity contribution in [3.05, 3.63) is 35.7 Å². The number of thiophene rings is 1. The molecule has 10 nitrogen and oxygen atoms in total. The van der Waals surface area contributed by atoms with Gasteiger partial charge >= 0.3 is 5.97 Å². The van der Waals surface area contributed by atoms with Gasteiger partial charge in [0, 0.05) is 25.7 Å². The van der Waals surface area contributed by atoms with Crippen molar-refractivity contribution < 1.29 is 17.9 Å². The van der Waals surface area contributed by atoms with Gasteiger partial charge in [-0.25, -0.2) is 28.2 Å². The highest BCUT2D eigenvalue weighted by molar-refractivity contribution is 7.91. The summed E-state index contributed by atoms with van der Waals surface area (Å²) in [6, 6.07) is 1.58. The van der Waals surface area contributed by atoms with E-state index >= 15 is 0 Å². The van der Waals surface area contributed by atoms with Gasteiger partial charge in [-0.15, -0.1) is 11.3 Å². The fraction of sp³-hybridized carbons (Fsp3) is 0.368. The lowest BCUT2D eigenvalue weighted by molar-refractivity contribution is -0.137. The Morgan fingerprint density at radius 1 is 1.26 bits per heavy atom. The lowest BCUT2D eigenvalue weighted by Gasteiger charge is -2.13. The van der Waals surface area contributed by atoms with E-state index in [1.807, 2.05) is 4.57 Å². The van der Waals surface area contributed by atoms with Crippen LogP contribution >= 0.6 is 11.3 Å². The second-order valence-corrected chi connectivity index (χ2v) is 10.1. The summed E-state index contributed by atoms with van der Waals surface area (Å²) in [4.78, 5) is 24.2. The van der Waals surface area contributed by atoms with E-state index in [2.05, 4.69) is 15.0 Å². The maximum absolute atomic E-state index is 12.6. The molecule has 0 atom stereocenters. The molecule has 4 rings (SSSR count). The highest BCUT2D eigenvalue weighted by Gasteiger charge is 2.28. The van der Waals surface area contributed by atoms with Crippen LogP contribution < -0.4 is 5.73 Å². The minimum absolute atomic E-state index is 0.224. The van der Waals surface area contributed by atoms with Crippen molar-refractivity contribution in [1.29, 1.82) is 0 Å². The molecule has 0 saturated carbocycles. The van der Waals surface area contributed by atoms with Crippen LogP contribution in [0.5, 0.6) is 0 Å². The molecule has 1 aliphatic heterocycles. The molecule has 3 aromatic rings. The normalized spacial score (nSPS) is 15.2. The quantitative estimate of drug-likeness (QED) is 0.305. The zero-order valence-electron chi connectivity index (χ0n) is 16.7. The predicted octanol–water partition coefficient (Wildman–Crippen LogP) is 1.90. The molecule has 0 aromatic carbocycles. The van der Waals surface area contributed by atoms with E-state index in [-0.39, 0.29) is 6.61 Å². The average Bonchev–Trinajstić information content (AvgIpc) is 3.51. The fourth-order valence-electron chi connectivity index (χ4n) is 3.29. The van der Waals surface area contributed by atoms with Crippen LogP contribution in [0.15, 0.2) is 34.4 Å². The molecule has 164 valence electrons. The Balaban J connectivity index is 1.26. The molecule has 1 fully saturated rings. The molecule has 4 heterocycles. The van der Waals surface area contributed by atoms with Crippen molar-refractivity contribution in [1.82, 2.24) is 23.8 Å². The molecule has 0 unspecified atom stereocenters. The minimum Gasteiger partial charge on any atom is -0.462 e. The smallest absolute Gasteiger partial charge is 0.330 e. The number of rotatable bonds is 8. The van der Waals surface area contributed by atoms with Crippen molar-refractivity contribution in [3.63, 3.8) is 0 Å². The molecular weight excluding hydrogens is 440 g/mol. The maximum Gasteiger partial charge on any atom is 0.330 e. The van der Waals surface area contributed by atoms with E-state index in [4.69, 9.17) is 10.5 Å². The highest BCUT2D eigenvalue weighted by Crippen LogP contribution is 2.27. The Kier molecular flexibility index (Phi) is 6.30. The van der Waals surface area contributed by atoms with Crippen LogP contribution in [-0.2, 0) is 26.1 Å².